The van der Waals surface area contributed by atoms with E-state index in [0.717, 1.165) is 24.6 Å². The van der Waals surface area contributed by atoms with Gasteiger partial charge < -0.3 is 10.2 Å². The predicted molar refractivity (Wildman–Crippen MR) is 82.2 cm³/mol. The van der Waals surface area contributed by atoms with Crippen LogP contribution < -0.4 is 10.2 Å². The maximum absolute atomic E-state index is 4.54. The van der Waals surface area contributed by atoms with Gasteiger partial charge in [-0.25, -0.2) is 4.98 Å². The van der Waals surface area contributed by atoms with E-state index in [1.807, 2.05) is 30.5 Å². The number of nitrogens with zero attached hydrogens (tertiary/aromatic N) is 7. The highest BCUT2D eigenvalue weighted by molar-refractivity contribution is 5.58. The number of aromatic nitrogens is 6. The van der Waals surface area contributed by atoms with Crippen molar-refractivity contribution in [1.82, 2.24) is 30.2 Å². The van der Waals surface area contributed by atoms with Crippen molar-refractivity contribution in [1.29, 1.82) is 0 Å². The van der Waals surface area contributed by atoms with Crippen molar-refractivity contribution >= 4 is 23.0 Å². The summed E-state index contributed by atoms with van der Waals surface area (Å²) in [7, 11) is 0. The minimum Gasteiger partial charge on any atom is -0.357 e. The highest BCUT2D eigenvalue weighted by atomic mass is 15.6. The van der Waals surface area contributed by atoms with Crippen LogP contribution in [0.15, 0.2) is 30.5 Å². The molecule has 0 bridgehead atoms. The molecule has 1 aliphatic heterocycles. The van der Waals surface area contributed by atoms with E-state index in [9.17, 15) is 0 Å². The van der Waals surface area contributed by atoms with Gasteiger partial charge in [0.25, 0.3) is 0 Å². The molecule has 0 spiro atoms. The molecule has 8 nitrogen and oxygen atoms in total. The lowest BCUT2D eigenvalue weighted by Gasteiger charge is -2.27. The van der Waals surface area contributed by atoms with Crippen LogP contribution in [0.3, 0.4) is 0 Å². The molecule has 4 rings (SSSR count). The van der Waals surface area contributed by atoms with Gasteiger partial charge in [0.1, 0.15) is 5.82 Å². The first kappa shape index (κ1) is 12.9. The van der Waals surface area contributed by atoms with Crippen LogP contribution in [-0.4, -0.2) is 43.3 Å². The molecule has 3 aromatic rings. The molecule has 112 valence electrons. The molecule has 0 aromatic carbocycles. The van der Waals surface area contributed by atoms with Gasteiger partial charge in [0, 0.05) is 13.1 Å². The van der Waals surface area contributed by atoms with E-state index in [4.69, 9.17) is 0 Å². The first-order valence-electron chi connectivity index (χ1n) is 7.42. The largest absolute Gasteiger partial charge is 0.357 e. The standard InChI is InChI=1S/C14H16N8/c1-2-8-21(9-3-1)13-6-4-11(10-15-13)16-12-5-7-14-17-19-20-22(14)18-12/h4-7,10H,1-3,8-9H2,(H,16,18). The van der Waals surface area contributed by atoms with E-state index in [0.29, 0.717) is 11.5 Å². The lowest BCUT2D eigenvalue weighted by Crippen LogP contribution is -2.29. The van der Waals surface area contributed by atoms with Crippen molar-refractivity contribution < 1.29 is 0 Å². The van der Waals surface area contributed by atoms with Gasteiger partial charge in [0.2, 0.25) is 0 Å². The lowest BCUT2D eigenvalue weighted by molar-refractivity contribution is 0.573. The van der Waals surface area contributed by atoms with Crippen LogP contribution in [0.5, 0.6) is 0 Å². The summed E-state index contributed by atoms with van der Waals surface area (Å²) in [6.45, 7) is 2.19. The second kappa shape index (κ2) is 5.55. The molecule has 0 aliphatic carbocycles. The van der Waals surface area contributed by atoms with Gasteiger partial charge in [-0.3, -0.25) is 0 Å². The van der Waals surface area contributed by atoms with Crippen molar-refractivity contribution in [2.75, 3.05) is 23.3 Å². The van der Waals surface area contributed by atoms with E-state index < -0.39 is 0 Å². The van der Waals surface area contributed by atoms with Crippen LogP contribution in [0, 0.1) is 0 Å². The molecule has 1 N–H and O–H groups in total. The molecule has 0 saturated carbocycles. The number of hydrogen-bond donors (Lipinski definition) is 1. The Kier molecular flexibility index (Phi) is 3.26. The van der Waals surface area contributed by atoms with Crippen LogP contribution in [0.1, 0.15) is 19.3 Å². The Hall–Kier alpha value is -2.77. The fourth-order valence-corrected chi connectivity index (χ4v) is 2.63. The molecule has 8 heteroatoms. The second-order valence-electron chi connectivity index (χ2n) is 5.32. The number of fused-ring (bicyclic) bond motifs is 1. The molecule has 0 amide bonds. The molecular formula is C14H16N8. The molecule has 4 heterocycles. The van der Waals surface area contributed by atoms with Crippen molar-refractivity contribution in [3.8, 4) is 0 Å². The fourth-order valence-electron chi connectivity index (χ4n) is 2.63. The van der Waals surface area contributed by atoms with Gasteiger partial charge in [-0.1, -0.05) is 0 Å². The Morgan fingerprint density at radius 3 is 2.73 bits per heavy atom. The molecular weight excluding hydrogens is 280 g/mol. The normalized spacial score (nSPS) is 15.2. The second-order valence-corrected chi connectivity index (χ2v) is 5.32. The Labute approximate surface area is 127 Å². The highest BCUT2D eigenvalue weighted by Crippen LogP contribution is 2.20. The number of anilines is 3. The molecule has 1 fully saturated rings. The summed E-state index contributed by atoms with van der Waals surface area (Å²) in [5.41, 5.74) is 1.50. The van der Waals surface area contributed by atoms with Crippen molar-refractivity contribution in [2.45, 2.75) is 19.3 Å². The van der Waals surface area contributed by atoms with Crippen molar-refractivity contribution in [2.24, 2.45) is 0 Å². The Morgan fingerprint density at radius 2 is 1.91 bits per heavy atom. The summed E-state index contributed by atoms with van der Waals surface area (Å²) in [6, 6.07) is 7.71. The minimum atomic E-state index is 0.615. The van der Waals surface area contributed by atoms with E-state index in [1.165, 1.54) is 23.9 Å². The van der Waals surface area contributed by atoms with Gasteiger partial charge in [-0.2, -0.15) is 0 Å². The summed E-state index contributed by atoms with van der Waals surface area (Å²) in [6.07, 6.45) is 5.64. The molecule has 0 unspecified atom stereocenters. The van der Waals surface area contributed by atoms with Crippen LogP contribution >= 0.6 is 0 Å². The van der Waals surface area contributed by atoms with Gasteiger partial charge in [-0.15, -0.1) is 14.8 Å². The fraction of sp³-hybridized carbons (Fsp3) is 0.357. The van der Waals surface area contributed by atoms with Crippen molar-refractivity contribution in [3.63, 3.8) is 0 Å². The third-order valence-electron chi connectivity index (χ3n) is 3.77. The number of nitrogens with one attached hydrogen (secondary N) is 1. The summed E-state index contributed by atoms with van der Waals surface area (Å²) < 4.78 is 1.39. The van der Waals surface area contributed by atoms with Crippen molar-refractivity contribution in [3.05, 3.63) is 30.5 Å². The number of piperidine rings is 1. The Morgan fingerprint density at radius 1 is 1.00 bits per heavy atom. The monoisotopic (exact) mass is 296 g/mol. The zero-order valence-corrected chi connectivity index (χ0v) is 12.1. The molecule has 0 radical (unpaired) electrons. The van der Waals surface area contributed by atoms with E-state index in [-0.39, 0.29) is 0 Å². The van der Waals surface area contributed by atoms with Crippen LogP contribution in [-0.2, 0) is 0 Å². The minimum absolute atomic E-state index is 0.615. The first-order chi connectivity index (χ1) is 10.9. The Bertz CT molecular complexity index is 760. The molecule has 1 aliphatic rings. The molecule has 1 saturated heterocycles. The van der Waals surface area contributed by atoms with Gasteiger partial charge in [-0.05, 0) is 54.0 Å². The smallest absolute Gasteiger partial charge is 0.200 e. The zero-order valence-electron chi connectivity index (χ0n) is 12.1. The predicted octanol–water partition coefficient (Wildman–Crippen LogP) is 1.65. The quantitative estimate of drug-likeness (QED) is 0.786. The summed E-state index contributed by atoms with van der Waals surface area (Å²) >= 11 is 0. The molecule has 0 atom stereocenters. The van der Waals surface area contributed by atoms with E-state index in [1.54, 1.807) is 0 Å². The third-order valence-corrected chi connectivity index (χ3v) is 3.77. The molecule has 3 aromatic heterocycles. The highest BCUT2D eigenvalue weighted by Gasteiger charge is 2.11. The number of rotatable bonds is 3. The average molecular weight is 296 g/mol. The van der Waals surface area contributed by atoms with Crippen LogP contribution in [0.25, 0.3) is 5.65 Å². The average Bonchev–Trinajstić information content (AvgIpc) is 3.04. The topological polar surface area (TPSA) is 84.1 Å². The number of hydrogen-bond acceptors (Lipinski definition) is 7. The van der Waals surface area contributed by atoms with Crippen LogP contribution in [0.2, 0.25) is 0 Å². The van der Waals surface area contributed by atoms with Gasteiger partial charge in [0.15, 0.2) is 11.5 Å². The van der Waals surface area contributed by atoms with Gasteiger partial charge in [0.05, 0.1) is 11.9 Å². The summed E-state index contributed by atoms with van der Waals surface area (Å²) in [4.78, 5) is 6.87. The maximum Gasteiger partial charge on any atom is 0.200 e. The summed E-state index contributed by atoms with van der Waals surface area (Å²) in [5, 5.41) is 18.7. The Balaban J connectivity index is 1.50. The third kappa shape index (κ3) is 2.54. The van der Waals surface area contributed by atoms with Gasteiger partial charge >= 0.3 is 0 Å². The van der Waals surface area contributed by atoms with Crippen LogP contribution in [0.4, 0.5) is 17.3 Å². The number of pyridine rings is 1. The lowest BCUT2D eigenvalue weighted by atomic mass is 10.1. The maximum atomic E-state index is 4.54. The van der Waals surface area contributed by atoms with E-state index in [2.05, 4.69) is 35.8 Å². The number of tetrazole rings is 1. The van der Waals surface area contributed by atoms with E-state index >= 15 is 0 Å². The SMILES string of the molecule is c1cc(N2CCCCC2)ncc1Nc1ccc2nnnn2n1. The molecule has 22 heavy (non-hydrogen) atoms. The first-order valence-corrected chi connectivity index (χ1v) is 7.42. The summed E-state index contributed by atoms with van der Waals surface area (Å²) in [5.74, 6) is 1.71. The zero-order chi connectivity index (χ0) is 14.8.